The highest BCUT2D eigenvalue weighted by Gasteiger charge is 2.08. The van der Waals surface area contributed by atoms with E-state index < -0.39 is 0 Å². The summed E-state index contributed by atoms with van der Waals surface area (Å²) < 4.78 is 0. The summed E-state index contributed by atoms with van der Waals surface area (Å²) in [5.74, 6) is 1.01. The van der Waals surface area contributed by atoms with E-state index in [9.17, 15) is 4.79 Å². The van der Waals surface area contributed by atoms with Gasteiger partial charge in [-0.2, -0.15) is 0 Å². The number of ketones is 1. The van der Waals surface area contributed by atoms with Crippen molar-refractivity contribution in [3.05, 3.63) is 36.0 Å². The van der Waals surface area contributed by atoms with Crippen LogP contribution in [-0.4, -0.2) is 23.9 Å². The number of hydrogen-bond acceptors (Lipinski definition) is 3. The van der Waals surface area contributed by atoms with Crippen molar-refractivity contribution < 1.29 is 4.79 Å². The molecule has 0 fully saturated rings. The Morgan fingerprint density at radius 1 is 1.40 bits per heavy atom. The molecule has 15 heavy (non-hydrogen) atoms. The van der Waals surface area contributed by atoms with Crippen molar-refractivity contribution in [1.29, 1.82) is 0 Å². The van der Waals surface area contributed by atoms with E-state index in [1.165, 1.54) is 0 Å². The van der Waals surface area contributed by atoms with Crippen molar-refractivity contribution in [3.8, 4) is 0 Å². The molecule has 0 spiro atoms. The first-order valence-corrected chi connectivity index (χ1v) is 5.14. The van der Waals surface area contributed by atoms with Crippen molar-refractivity contribution in [2.45, 2.75) is 13.3 Å². The summed E-state index contributed by atoms with van der Waals surface area (Å²) in [6.07, 6.45) is 7.04. The molecule has 0 saturated heterocycles. The zero-order valence-electron chi connectivity index (χ0n) is 8.81. The largest absolute Gasteiger partial charge is 0.353 e. The van der Waals surface area contributed by atoms with Crippen LogP contribution in [0.2, 0.25) is 0 Å². The van der Waals surface area contributed by atoms with Crippen LogP contribution in [0.25, 0.3) is 0 Å². The lowest BCUT2D eigenvalue weighted by atomic mass is 10.2. The van der Waals surface area contributed by atoms with Gasteiger partial charge in [0.2, 0.25) is 0 Å². The maximum absolute atomic E-state index is 11.1. The first-order valence-electron chi connectivity index (χ1n) is 5.14. The van der Waals surface area contributed by atoms with Gasteiger partial charge < -0.3 is 4.90 Å². The predicted molar refractivity (Wildman–Crippen MR) is 60.2 cm³/mol. The molecule has 1 aromatic rings. The third-order valence-electron chi connectivity index (χ3n) is 2.54. The van der Waals surface area contributed by atoms with Crippen molar-refractivity contribution >= 4 is 11.6 Å². The molecule has 1 aromatic heterocycles. The standard InChI is InChI=1S/C12H14N2O/c1-10(15)11-5-6-12(13-9-11)14-7-3-2-4-8-14/h2-3,5-6,9H,4,7-8H2,1H3. The molecule has 0 radical (unpaired) electrons. The Bertz CT molecular complexity index is 381. The first-order chi connectivity index (χ1) is 7.27. The van der Waals surface area contributed by atoms with E-state index in [2.05, 4.69) is 22.0 Å². The SMILES string of the molecule is CC(=O)c1ccc(N2CC=CCC2)nc1. The highest BCUT2D eigenvalue weighted by Crippen LogP contribution is 2.14. The van der Waals surface area contributed by atoms with E-state index in [1.807, 2.05) is 12.1 Å². The van der Waals surface area contributed by atoms with Crippen LogP contribution < -0.4 is 4.90 Å². The molecule has 3 heteroatoms. The number of carbonyl (C=O) groups excluding carboxylic acids is 1. The van der Waals surface area contributed by atoms with Gasteiger partial charge in [-0.05, 0) is 25.5 Å². The molecule has 1 aliphatic heterocycles. The topological polar surface area (TPSA) is 33.2 Å². The van der Waals surface area contributed by atoms with E-state index in [1.54, 1.807) is 13.1 Å². The molecule has 2 heterocycles. The molecule has 0 aliphatic carbocycles. The summed E-state index contributed by atoms with van der Waals surface area (Å²) in [7, 11) is 0. The Balaban J connectivity index is 2.16. The first kappa shape index (κ1) is 9.90. The van der Waals surface area contributed by atoms with E-state index in [4.69, 9.17) is 0 Å². The monoisotopic (exact) mass is 202 g/mol. The van der Waals surface area contributed by atoms with Crippen LogP contribution in [0.4, 0.5) is 5.82 Å². The Labute approximate surface area is 89.4 Å². The van der Waals surface area contributed by atoms with Gasteiger partial charge in [0.25, 0.3) is 0 Å². The highest BCUT2D eigenvalue weighted by molar-refractivity contribution is 5.93. The smallest absolute Gasteiger partial charge is 0.161 e. The van der Waals surface area contributed by atoms with Crippen LogP contribution in [0.1, 0.15) is 23.7 Å². The summed E-state index contributed by atoms with van der Waals surface area (Å²) in [6.45, 7) is 3.47. The van der Waals surface area contributed by atoms with Gasteiger partial charge >= 0.3 is 0 Å². The number of anilines is 1. The molecule has 0 atom stereocenters. The molecule has 0 saturated carbocycles. The molecular formula is C12H14N2O. The third-order valence-corrected chi connectivity index (χ3v) is 2.54. The van der Waals surface area contributed by atoms with Crippen LogP contribution in [0.5, 0.6) is 0 Å². The minimum absolute atomic E-state index is 0.0626. The van der Waals surface area contributed by atoms with Crippen molar-refractivity contribution in [3.63, 3.8) is 0 Å². The number of nitrogens with zero attached hydrogens (tertiary/aromatic N) is 2. The van der Waals surface area contributed by atoms with Gasteiger partial charge in [-0.25, -0.2) is 4.98 Å². The summed E-state index contributed by atoms with van der Waals surface area (Å²) in [5.41, 5.74) is 0.673. The lowest BCUT2D eigenvalue weighted by molar-refractivity contribution is 0.101. The maximum Gasteiger partial charge on any atom is 0.161 e. The number of pyridine rings is 1. The van der Waals surface area contributed by atoms with Crippen LogP contribution in [-0.2, 0) is 0 Å². The van der Waals surface area contributed by atoms with E-state index >= 15 is 0 Å². The van der Waals surface area contributed by atoms with Gasteiger partial charge in [0.15, 0.2) is 5.78 Å². The number of aromatic nitrogens is 1. The Morgan fingerprint density at radius 2 is 2.27 bits per heavy atom. The fourth-order valence-electron chi connectivity index (χ4n) is 1.63. The van der Waals surface area contributed by atoms with Crippen LogP contribution in [0.3, 0.4) is 0 Å². The van der Waals surface area contributed by atoms with E-state index in [-0.39, 0.29) is 5.78 Å². The van der Waals surface area contributed by atoms with Gasteiger partial charge in [0.05, 0.1) is 0 Å². The lowest BCUT2D eigenvalue weighted by Crippen LogP contribution is -2.27. The molecule has 0 bridgehead atoms. The Hall–Kier alpha value is -1.64. The minimum atomic E-state index is 0.0626. The normalized spacial score (nSPS) is 15.4. The summed E-state index contributed by atoms with van der Waals surface area (Å²) in [6, 6.07) is 3.75. The average molecular weight is 202 g/mol. The van der Waals surface area contributed by atoms with Crippen LogP contribution in [0.15, 0.2) is 30.5 Å². The fraction of sp³-hybridized carbons (Fsp3) is 0.333. The Morgan fingerprint density at radius 3 is 2.80 bits per heavy atom. The molecule has 78 valence electrons. The van der Waals surface area contributed by atoms with Crippen molar-refractivity contribution in [2.75, 3.05) is 18.0 Å². The summed E-state index contributed by atoms with van der Waals surface area (Å²) in [5, 5.41) is 0. The predicted octanol–water partition coefficient (Wildman–Crippen LogP) is 2.05. The molecule has 1 aliphatic rings. The van der Waals surface area contributed by atoms with Gasteiger partial charge in [0.1, 0.15) is 5.82 Å². The molecule has 0 unspecified atom stereocenters. The summed E-state index contributed by atoms with van der Waals surface area (Å²) >= 11 is 0. The highest BCUT2D eigenvalue weighted by atomic mass is 16.1. The quantitative estimate of drug-likeness (QED) is 0.543. The Kier molecular flexibility index (Phi) is 2.81. The number of Topliss-reactive ketones (excluding diaryl/α,β-unsaturated/α-hetero) is 1. The molecular weight excluding hydrogens is 188 g/mol. The third kappa shape index (κ3) is 2.24. The lowest BCUT2D eigenvalue weighted by Gasteiger charge is -2.24. The number of hydrogen-bond donors (Lipinski definition) is 0. The van der Waals surface area contributed by atoms with Crippen LogP contribution in [0, 0.1) is 0 Å². The van der Waals surface area contributed by atoms with Crippen molar-refractivity contribution in [1.82, 2.24) is 4.98 Å². The van der Waals surface area contributed by atoms with Crippen molar-refractivity contribution in [2.24, 2.45) is 0 Å². The summed E-state index contributed by atoms with van der Waals surface area (Å²) in [4.78, 5) is 17.6. The molecule has 0 amide bonds. The second-order valence-corrected chi connectivity index (χ2v) is 3.67. The molecule has 0 N–H and O–H groups in total. The molecule has 0 aromatic carbocycles. The van der Waals surface area contributed by atoms with Gasteiger partial charge in [-0.15, -0.1) is 0 Å². The van der Waals surface area contributed by atoms with Gasteiger partial charge in [-0.1, -0.05) is 12.2 Å². The minimum Gasteiger partial charge on any atom is -0.353 e. The maximum atomic E-state index is 11.1. The van der Waals surface area contributed by atoms with Gasteiger partial charge in [0, 0.05) is 24.8 Å². The number of carbonyl (C=O) groups is 1. The van der Waals surface area contributed by atoms with Crippen LogP contribution >= 0.6 is 0 Å². The zero-order valence-corrected chi connectivity index (χ0v) is 8.81. The zero-order chi connectivity index (χ0) is 10.7. The molecule has 3 nitrogen and oxygen atoms in total. The second kappa shape index (κ2) is 4.26. The second-order valence-electron chi connectivity index (χ2n) is 3.67. The van der Waals surface area contributed by atoms with E-state index in [0.717, 1.165) is 25.3 Å². The number of rotatable bonds is 2. The van der Waals surface area contributed by atoms with E-state index in [0.29, 0.717) is 5.56 Å². The molecule has 2 rings (SSSR count). The fourth-order valence-corrected chi connectivity index (χ4v) is 1.63. The average Bonchev–Trinajstić information content (AvgIpc) is 2.30. The van der Waals surface area contributed by atoms with Gasteiger partial charge in [-0.3, -0.25) is 4.79 Å².